The number of benzene rings is 3. The zero-order valence-corrected chi connectivity index (χ0v) is 19.9. The molecule has 1 unspecified atom stereocenters. The van der Waals surface area contributed by atoms with Crippen molar-refractivity contribution in [3.05, 3.63) is 76.8 Å². The zero-order chi connectivity index (χ0) is 22.7. The molecule has 4 rings (SSSR count). The molecule has 0 fully saturated rings. The van der Waals surface area contributed by atoms with Gasteiger partial charge in [0, 0.05) is 16.3 Å². The van der Waals surface area contributed by atoms with Crippen LogP contribution < -0.4 is 15.4 Å². The van der Waals surface area contributed by atoms with Gasteiger partial charge in [0.25, 0.3) is 5.91 Å². The maximum absolute atomic E-state index is 12.5. The van der Waals surface area contributed by atoms with Gasteiger partial charge in [-0.05, 0) is 61.6 Å². The standard InChI is InChI=1S/C23H17Cl2N3O2S2/c1-13(30-19-10-9-15(24)12-17(19)25)21(29)28-23(31)26-16-6-4-5-14(11-16)22-27-18-7-2-3-8-20(18)32-22/h2-13H,1H3,(H2,26,28,29,31). The first-order valence-corrected chi connectivity index (χ1v) is 11.6. The molecule has 0 aliphatic rings. The first-order chi connectivity index (χ1) is 15.4. The van der Waals surface area contributed by atoms with Crippen molar-refractivity contribution in [3.63, 3.8) is 0 Å². The van der Waals surface area contributed by atoms with Crippen LogP contribution in [0.5, 0.6) is 5.75 Å². The minimum absolute atomic E-state index is 0.161. The highest BCUT2D eigenvalue weighted by Crippen LogP contribution is 2.31. The highest BCUT2D eigenvalue weighted by Gasteiger charge is 2.18. The maximum Gasteiger partial charge on any atom is 0.266 e. The fourth-order valence-electron chi connectivity index (χ4n) is 2.92. The molecule has 0 saturated carbocycles. The highest BCUT2D eigenvalue weighted by molar-refractivity contribution is 7.80. The van der Waals surface area contributed by atoms with E-state index in [4.69, 9.17) is 40.2 Å². The molecule has 3 aromatic carbocycles. The van der Waals surface area contributed by atoms with Crippen LogP contribution in [0.1, 0.15) is 6.92 Å². The predicted octanol–water partition coefficient (Wildman–Crippen LogP) is 6.55. The van der Waals surface area contributed by atoms with E-state index in [9.17, 15) is 4.79 Å². The summed E-state index contributed by atoms with van der Waals surface area (Å²) >= 11 is 18.9. The summed E-state index contributed by atoms with van der Waals surface area (Å²) in [5.74, 6) is -0.0445. The van der Waals surface area contributed by atoms with Crippen LogP contribution >= 0.6 is 46.8 Å². The Morgan fingerprint density at radius 1 is 1.09 bits per heavy atom. The molecule has 1 atom stereocenters. The molecule has 2 N–H and O–H groups in total. The molecule has 0 aliphatic heterocycles. The molecule has 0 radical (unpaired) electrons. The normalized spacial score (nSPS) is 11.7. The van der Waals surface area contributed by atoms with Gasteiger partial charge in [-0.25, -0.2) is 4.98 Å². The summed E-state index contributed by atoms with van der Waals surface area (Å²) in [5, 5.41) is 7.54. The molecule has 0 bridgehead atoms. The largest absolute Gasteiger partial charge is 0.479 e. The van der Waals surface area contributed by atoms with Gasteiger partial charge in [0.1, 0.15) is 10.8 Å². The van der Waals surface area contributed by atoms with Crippen LogP contribution in [-0.4, -0.2) is 22.1 Å². The molecular formula is C23H17Cl2N3O2S2. The lowest BCUT2D eigenvalue weighted by molar-refractivity contribution is -0.125. The SMILES string of the molecule is CC(Oc1ccc(Cl)cc1Cl)C(=O)NC(=S)Nc1cccc(-c2nc3ccccc3s2)c1. The maximum atomic E-state index is 12.5. The number of nitrogens with one attached hydrogen (secondary N) is 2. The topological polar surface area (TPSA) is 63.2 Å². The number of halogens is 2. The van der Waals surface area contributed by atoms with E-state index in [1.54, 1.807) is 36.5 Å². The van der Waals surface area contributed by atoms with Gasteiger partial charge in [0.2, 0.25) is 0 Å². The van der Waals surface area contributed by atoms with Crippen LogP contribution in [-0.2, 0) is 4.79 Å². The fourth-order valence-corrected chi connectivity index (χ4v) is 4.55. The molecule has 162 valence electrons. The summed E-state index contributed by atoms with van der Waals surface area (Å²) in [4.78, 5) is 17.2. The third-order valence-electron chi connectivity index (χ3n) is 4.46. The number of thiazole rings is 1. The van der Waals surface area contributed by atoms with Crippen molar-refractivity contribution in [2.24, 2.45) is 0 Å². The van der Waals surface area contributed by atoms with Gasteiger partial charge in [0.05, 0.1) is 15.2 Å². The second-order valence-corrected chi connectivity index (χ2v) is 9.13. The lowest BCUT2D eigenvalue weighted by Gasteiger charge is -2.16. The van der Waals surface area contributed by atoms with Crippen LogP contribution in [0.15, 0.2) is 66.7 Å². The Hall–Kier alpha value is -2.71. The number of aromatic nitrogens is 1. The summed E-state index contributed by atoms with van der Waals surface area (Å²) in [7, 11) is 0. The van der Waals surface area contributed by atoms with Crippen LogP contribution in [0.4, 0.5) is 5.69 Å². The molecule has 32 heavy (non-hydrogen) atoms. The second kappa shape index (κ2) is 9.83. The third kappa shape index (κ3) is 5.37. The average Bonchev–Trinajstić information content (AvgIpc) is 3.20. The number of ether oxygens (including phenoxy) is 1. The van der Waals surface area contributed by atoms with Gasteiger partial charge in [-0.3, -0.25) is 10.1 Å². The quantitative estimate of drug-likeness (QED) is 0.303. The second-order valence-electron chi connectivity index (χ2n) is 6.85. The van der Waals surface area contributed by atoms with Crippen molar-refractivity contribution in [3.8, 4) is 16.3 Å². The number of nitrogens with zero attached hydrogens (tertiary/aromatic N) is 1. The number of carbonyl (C=O) groups is 1. The summed E-state index contributed by atoms with van der Waals surface area (Å²) in [6.45, 7) is 1.61. The van der Waals surface area contributed by atoms with Crippen molar-refractivity contribution in [2.75, 3.05) is 5.32 Å². The van der Waals surface area contributed by atoms with Crippen molar-refractivity contribution >= 4 is 73.7 Å². The van der Waals surface area contributed by atoms with Crippen LogP contribution in [0.25, 0.3) is 20.8 Å². The molecule has 0 aliphatic carbocycles. The zero-order valence-electron chi connectivity index (χ0n) is 16.8. The summed E-state index contributed by atoms with van der Waals surface area (Å²) < 4.78 is 6.75. The van der Waals surface area contributed by atoms with Gasteiger partial charge >= 0.3 is 0 Å². The Morgan fingerprint density at radius 3 is 2.69 bits per heavy atom. The molecule has 0 saturated heterocycles. The molecule has 1 amide bonds. The Balaban J connectivity index is 1.39. The first kappa shape index (κ1) is 22.5. The Labute approximate surface area is 204 Å². The first-order valence-electron chi connectivity index (χ1n) is 9.58. The van der Waals surface area contributed by atoms with E-state index in [0.717, 1.165) is 26.5 Å². The Kier molecular flexibility index (Phi) is 6.91. The number of hydrogen-bond acceptors (Lipinski definition) is 5. The van der Waals surface area contributed by atoms with Crippen LogP contribution in [0, 0.1) is 0 Å². The minimum atomic E-state index is -0.817. The number of rotatable bonds is 5. The number of fused-ring (bicyclic) bond motifs is 1. The molecule has 4 aromatic rings. The van der Waals surface area contributed by atoms with Crippen molar-refractivity contribution < 1.29 is 9.53 Å². The van der Waals surface area contributed by atoms with Gasteiger partial charge in [-0.1, -0.05) is 47.5 Å². The van der Waals surface area contributed by atoms with Crippen molar-refractivity contribution in [2.45, 2.75) is 13.0 Å². The van der Waals surface area contributed by atoms with Gasteiger partial charge in [-0.2, -0.15) is 0 Å². The smallest absolute Gasteiger partial charge is 0.266 e. The molecule has 9 heteroatoms. The van der Waals surface area contributed by atoms with Crippen LogP contribution in [0.3, 0.4) is 0 Å². The lowest BCUT2D eigenvalue weighted by atomic mass is 10.2. The monoisotopic (exact) mass is 501 g/mol. The molecule has 5 nitrogen and oxygen atoms in total. The van der Waals surface area contributed by atoms with E-state index in [0.29, 0.717) is 15.8 Å². The fraction of sp³-hybridized carbons (Fsp3) is 0.0870. The molecular weight excluding hydrogens is 485 g/mol. The van der Waals surface area contributed by atoms with E-state index in [1.165, 1.54) is 0 Å². The predicted molar refractivity (Wildman–Crippen MR) is 136 cm³/mol. The summed E-state index contributed by atoms with van der Waals surface area (Å²) in [6.07, 6.45) is -0.817. The number of thiocarbonyl (C=S) groups is 1. The number of amides is 1. The minimum Gasteiger partial charge on any atom is -0.479 e. The van der Waals surface area contributed by atoms with E-state index in [-0.39, 0.29) is 5.11 Å². The Morgan fingerprint density at radius 2 is 1.91 bits per heavy atom. The van der Waals surface area contributed by atoms with E-state index in [2.05, 4.69) is 15.6 Å². The number of anilines is 1. The third-order valence-corrected chi connectivity index (χ3v) is 6.28. The highest BCUT2D eigenvalue weighted by atomic mass is 35.5. The van der Waals surface area contributed by atoms with Gasteiger partial charge < -0.3 is 10.1 Å². The number of carbonyl (C=O) groups excluding carboxylic acids is 1. The number of para-hydroxylation sites is 1. The lowest BCUT2D eigenvalue weighted by Crippen LogP contribution is -2.42. The van der Waals surface area contributed by atoms with Gasteiger partial charge in [0.15, 0.2) is 11.2 Å². The van der Waals surface area contributed by atoms with E-state index < -0.39 is 12.0 Å². The van der Waals surface area contributed by atoms with Crippen LogP contribution in [0.2, 0.25) is 10.0 Å². The average molecular weight is 502 g/mol. The van der Waals surface area contributed by atoms with Gasteiger partial charge in [-0.15, -0.1) is 11.3 Å². The van der Waals surface area contributed by atoms with E-state index in [1.807, 2.05) is 48.5 Å². The molecule has 1 heterocycles. The summed E-state index contributed by atoms with van der Waals surface area (Å²) in [5.41, 5.74) is 2.66. The molecule has 0 spiro atoms. The Bertz CT molecular complexity index is 1280. The van der Waals surface area contributed by atoms with E-state index >= 15 is 0 Å². The molecule has 1 aromatic heterocycles. The summed E-state index contributed by atoms with van der Waals surface area (Å²) in [6, 6.07) is 20.5. The number of hydrogen-bond donors (Lipinski definition) is 2. The van der Waals surface area contributed by atoms with Crippen molar-refractivity contribution in [1.29, 1.82) is 0 Å². The van der Waals surface area contributed by atoms with Crippen molar-refractivity contribution in [1.82, 2.24) is 10.3 Å².